The van der Waals surface area contributed by atoms with E-state index in [1.807, 2.05) is 24.3 Å². The number of aliphatic hydroxyl groups excluding tert-OH is 1. The number of halogens is 1. The molecule has 0 spiro atoms. The topological polar surface area (TPSA) is 118 Å². The minimum absolute atomic E-state index is 0.0709. The number of nitrogens with one attached hydrogen (secondary N) is 3. The zero-order chi connectivity index (χ0) is 27.4. The number of carbonyl (C=O) groups is 2. The number of carbonyl (C=O) groups excluding carboxylic acids is 2. The van der Waals surface area contributed by atoms with Gasteiger partial charge in [-0.15, -0.1) is 0 Å². The van der Waals surface area contributed by atoms with Crippen molar-refractivity contribution in [1.29, 1.82) is 0 Å². The molecule has 0 bridgehead atoms. The summed E-state index contributed by atoms with van der Waals surface area (Å²) in [6.45, 7) is 0.0611. The Morgan fingerprint density at radius 3 is 2.67 bits per heavy atom. The van der Waals surface area contributed by atoms with Crippen LogP contribution in [0, 0.1) is 5.82 Å². The number of ether oxygens (including phenoxy) is 3. The first-order chi connectivity index (χ1) is 18.9. The number of benzene rings is 3. The normalized spacial score (nSPS) is 21.2. The van der Waals surface area contributed by atoms with Gasteiger partial charge in [-0.05, 0) is 42.8 Å². The Morgan fingerprint density at radius 2 is 1.87 bits per heavy atom. The van der Waals surface area contributed by atoms with E-state index < -0.39 is 30.2 Å². The lowest BCUT2D eigenvalue weighted by Crippen LogP contribution is -2.47. The fraction of sp³-hybridized carbons (Fsp3) is 0.310. The van der Waals surface area contributed by atoms with E-state index in [9.17, 15) is 19.1 Å². The van der Waals surface area contributed by atoms with Gasteiger partial charge < -0.3 is 35.3 Å². The maximum atomic E-state index is 13.9. The number of aliphatic hydroxyl groups is 1. The summed E-state index contributed by atoms with van der Waals surface area (Å²) in [5.41, 5.74) is 2.29. The minimum Gasteiger partial charge on any atom is -0.496 e. The van der Waals surface area contributed by atoms with Gasteiger partial charge in [-0.3, -0.25) is 4.79 Å². The summed E-state index contributed by atoms with van der Waals surface area (Å²) in [4.78, 5) is 25.2. The van der Waals surface area contributed by atoms with Crippen LogP contribution in [-0.4, -0.2) is 49.1 Å². The van der Waals surface area contributed by atoms with E-state index in [0.29, 0.717) is 30.2 Å². The van der Waals surface area contributed by atoms with E-state index in [4.69, 9.17) is 14.2 Å². The number of urea groups is 1. The zero-order valence-electron chi connectivity index (χ0n) is 21.4. The van der Waals surface area contributed by atoms with Crippen molar-refractivity contribution in [2.24, 2.45) is 0 Å². The summed E-state index contributed by atoms with van der Waals surface area (Å²) in [5, 5.41) is 18.1. The molecule has 3 aromatic rings. The van der Waals surface area contributed by atoms with Crippen molar-refractivity contribution in [2.75, 3.05) is 24.4 Å². The van der Waals surface area contributed by atoms with Crippen LogP contribution >= 0.6 is 0 Å². The molecule has 1 fully saturated rings. The van der Waals surface area contributed by atoms with Crippen molar-refractivity contribution in [3.05, 3.63) is 83.7 Å². The van der Waals surface area contributed by atoms with Crippen LogP contribution in [-0.2, 0) is 16.1 Å². The molecule has 2 heterocycles. The molecular formula is C29H30FN3O6. The molecule has 9 nitrogen and oxygen atoms in total. The monoisotopic (exact) mass is 535 g/mol. The number of para-hydroxylation sites is 2. The SMILES string of the molecule is COc1ccccc1CNC(=O)C[C@@H]1C[C@@H]2c3cc(NC(=O)Nc4ccccc4F)ccc3O[C@@H]2[C@H](CO)O1. The van der Waals surface area contributed by atoms with Crippen molar-refractivity contribution < 1.29 is 33.3 Å². The van der Waals surface area contributed by atoms with Gasteiger partial charge in [0.05, 0.1) is 31.9 Å². The van der Waals surface area contributed by atoms with Crippen LogP contribution in [0.4, 0.5) is 20.6 Å². The van der Waals surface area contributed by atoms with E-state index in [1.165, 1.54) is 12.1 Å². The highest BCUT2D eigenvalue weighted by Crippen LogP contribution is 2.47. The Morgan fingerprint density at radius 1 is 1.08 bits per heavy atom. The van der Waals surface area contributed by atoms with Crippen LogP contribution in [0.2, 0.25) is 0 Å². The van der Waals surface area contributed by atoms with Gasteiger partial charge in [-0.1, -0.05) is 30.3 Å². The summed E-state index contributed by atoms with van der Waals surface area (Å²) >= 11 is 0. The van der Waals surface area contributed by atoms with Crippen LogP contribution in [0.5, 0.6) is 11.5 Å². The van der Waals surface area contributed by atoms with Gasteiger partial charge in [-0.25, -0.2) is 9.18 Å². The molecule has 2 aliphatic rings. The molecule has 0 unspecified atom stereocenters. The molecule has 1 saturated heterocycles. The molecule has 0 aliphatic carbocycles. The van der Waals surface area contributed by atoms with Crippen molar-refractivity contribution in [3.63, 3.8) is 0 Å². The second kappa shape index (κ2) is 11.7. The van der Waals surface area contributed by atoms with Gasteiger partial charge in [0.1, 0.15) is 29.5 Å². The standard InChI is InChI=1S/C29H30FN3O6/c1-37-24-9-5-2-6-17(24)15-31-27(35)14-19-13-21-20-12-18(10-11-25(20)39-28(21)26(16-34)38-19)32-29(36)33-23-8-4-3-7-22(23)30/h2-12,19,21,26,28,34H,13-16H2,1H3,(H,31,35)(H2,32,33,36)/t19-,21+,26-,28-/m0/s1. The molecule has 5 rings (SSSR count). The molecule has 3 aromatic carbocycles. The maximum Gasteiger partial charge on any atom is 0.323 e. The van der Waals surface area contributed by atoms with Crippen molar-refractivity contribution in [3.8, 4) is 11.5 Å². The third kappa shape index (κ3) is 5.97. The Labute approximate surface area is 225 Å². The Balaban J connectivity index is 1.24. The average Bonchev–Trinajstić information content (AvgIpc) is 3.30. The maximum absolute atomic E-state index is 13.9. The number of rotatable bonds is 8. The molecule has 0 saturated carbocycles. The number of methoxy groups -OCH3 is 1. The van der Waals surface area contributed by atoms with Gasteiger partial charge in [0.2, 0.25) is 5.91 Å². The first kappa shape index (κ1) is 26.5. The highest BCUT2D eigenvalue weighted by atomic mass is 19.1. The second-order valence-electron chi connectivity index (χ2n) is 9.51. The van der Waals surface area contributed by atoms with Gasteiger partial charge in [0, 0.05) is 29.3 Å². The quantitative estimate of drug-likeness (QED) is 0.344. The van der Waals surface area contributed by atoms with Gasteiger partial charge in [0.15, 0.2) is 0 Å². The summed E-state index contributed by atoms with van der Waals surface area (Å²) in [6.07, 6.45) is -0.838. The van der Waals surface area contributed by atoms with Crippen LogP contribution in [0.25, 0.3) is 0 Å². The summed E-state index contributed by atoms with van der Waals surface area (Å²) in [5.74, 6) is 0.470. The van der Waals surface area contributed by atoms with Crippen molar-refractivity contribution in [2.45, 2.75) is 43.6 Å². The summed E-state index contributed by atoms with van der Waals surface area (Å²) in [7, 11) is 1.58. The van der Waals surface area contributed by atoms with Crippen molar-refractivity contribution in [1.82, 2.24) is 5.32 Å². The molecule has 2 aliphatic heterocycles. The first-order valence-corrected chi connectivity index (χ1v) is 12.7. The molecular weight excluding hydrogens is 505 g/mol. The molecule has 4 atom stereocenters. The van der Waals surface area contributed by atoms with Crippen LogP contribution in [0.15, 0.2) is 66.7 Å². The molecule has 4 N–H and O–H groups in total. The molecule has 0 aromatic heterocycles. The van der Waals surface area contributed by atoms with Gasteiger partial charge in [-0.2, -0.15) is 0 Å². The number of fused-ring (bicyclic) bond motifs is 3. The largest absolute Gasteiger partial charge is 0.496 e. The molecule has 0 radical (unpaired) electrons. The third-order valence-electron chi connectivity index (χ3n) is 6.96. The van der Waals surface area contributed by atoms with Crippen LogP contribution in [0.3, 0.4) is 0 Å². The minimum atomic E-state index is -0.607. The number of anilines is 2. The van der Waals surface area contributed by atoms with E-state index in [2.05, 4.69) is 16.0 Å². The number of hydrogen-bond acceptors (Lipinski definition) is 6. The van der Waals surface area contributed by atoms with E-state index >= 15 is 0 Å². The lowest BCUT2D eigenvalue weighted by Gasteiger charge is -2.37. The number of amides is 3. The average molecular weight is 536 g/mol. The molecule has 39 heavy (non-hydrogen) atoms. The molecule has 3 amide bonds. The zero-order valence-corrected chi connectivity index (χ0v) is 21.4. The highest BCUT2D eigenvalue weighted by molar-refractivity contribution is 6.00. The second-order valence-corrected chi connectivity index (χ2v) is 9.51. The Hall–Kier alpha value is -4.15. The number of hydrogen-bond donors (Lipinski definition) is 4. The lowest BCUT2D eigenvalue weighted by molar-refractivity contribution is -0.142. The van der Waals surface area contributed by atoms with E-state index in [-0.39, 0.29) is 30.5 Å². The fourth-order valence-corrected chi connectivity index (χ4v) is 5.14. The fourth-order valence-electron chi connectivity index (χ4n) is 5.14. The molecule has 204 valence electrons. The predicted octanol–water partition coefficient (Wildman–Crippen LogP) is 4.18. The Kier molecular flexibility index (Phi) is 7.94. The van der Waals surface area contributed by atoms with Crippen LogP contribution in [0.1, 0.15) is 29.9 Å². The molecule has 10 heteroatoms. The van der Waals surface area contributed by atoms with E-state index in [1.54, 1.807) is 37.4 Å². The van der Waals surface area contributed by atoms with Crippen molar-refractivity contribution >= 4 is 23.3 Å². The first-order valence-electron chi connectivity index (χ1n) is 12.7. The summed E-state index contributed by atoms with van der Waals surface area (Å²) in [6, 6.07) is 18.0. The Bertz CT molecular complexity index is 1350. The summed E-state index contributed by atoms with van der Waals surface area (Å²) < 4.78 is 31.4. The van der Waals surface area contributed by atoms with Crippen LogP contribution < -0.4 is 25.4 Å². The highest BCUT2D eigenvalue weighted by Gasteiger charge is 2.46. The lowest BCUT2D eigenvalue weighted by atomic mass is 9.84. The smallest absolute Gasteiger partial charge is 0.323 e. The predicted molar refractivity (Wildman–Crippen MR) is 142 cm³/mol. The van der Waals surface area contributed by atoms with Gasteiger partial charge >= 0.3 is 6.03 Å². The third-order valence-corrected chi connectivity index (χ3v) is 6.96. The van der Waals surface area contributed by atoms with Gasteiger partial charge in [0.25, 0.3) is 0 Å². The van der Waals surface area contributed by atoms with E-state index in [0.717, 1.165) is 11.1 Å².